The number of non-ortho nitro benzene ring substituents is 1. The van der Waals surface area contributed by atoms with Crippen LogP contribution in [0.15, 0.2) is 84.3 Å². The molecule has 13 nitrogen and oxygen atoms in total. The highest BCUT2D eigenvalue weighted by Gasteiger charge is 2.38. The molecule has 1 aliphatic heterocycles. The summed E-state index contributed by atoms with van der Waals surface area (Å²) in [6.07, 6.45) is 3.04. The SMILES string of the molecule is CC1=C(C(=O)Nc2cccnc2)C(c2ccccc2[N+](=O)[O-])n2nc(-c3cccc([N+](=O)[O-])c3)nc2N1. The van der Waals surface area contributed by atoms with Crippen molar-refractivity contribution in [1.82, 2.24) is 19.7 Å². The minimum Gasteiger partial charge on any atom is -0.328 e. The van der Waals surface area contributed by atoms with Gasteiger partial charge in [-0.25, -0.2) is 4.68 Å². The van der Waals surface area contributed by atoms with Gasteiger partial charge in [0.15, 0.2) is 5.82 Å². The molecule has 3 heterocycles. The Morgan fingerprint density at radius 1 is 1.05 bits per heavy atom. The van der Waals surface area contributed by atoms with Gasteiger partial charge in [-0.2, -0.15) is 4.98 Å². The van der Waals surface area contributed by atoms with Gasteiger partial charge in [0.2, 0.25) is 5.95 Å². The quantitative estimate of drug-likeness (QED) is 0.293. The summed E-state index contributed by atoms with van der Waals surface area (Å²) in [6, 6.07) is 14.2. The van der Waals surface area contributed by atoms with Crippen molar-refractivity contribution in [2.75, 3.05) is 10.6 Å². The van der Waals surface area contributed by atoms with Gasteiger partial charge in [-0.1, -0.05) is 24.3 Å². The zero-order valence-corrected chi connectivity index (χ0v) is 19.2. The topological polar surface area (TPSA) is 171 Å². The average molecular weight is 498 g/mol. The van der Waals surface area contributed by atoms with E-state index in [-0.39, 0.29) is 34.3 Å². The molecule has 0 saturated heterocycles. The largest absolute Gasteiger partial charge is 0.328 e. The first kappa shape index (κ1) is 23.3. The molecule has 1 atom stereocenters. The van der Waals surface area contributed by atoms with Crippen LogP contribution in [-0.4, -0.2) is 35.5 Å². The third-order valence-corrected chi connectivity index (χ3v) is 5.76. The smallest absolute Gasteiger partial charge is 0.275 e. The maximum atomic E-state index is 13.5. The molecule has 0 aliphatic carbocycles. The highest BCUT2D eigenvalue weighted by atomic mass is 16.6. The van der Waals surface area contributed by atoms with Crippen molar-refractivity contribution in [3.8, 4) is 11.4 Å². The zero-order chi connectivity index (χ0) is 26.1. The summed E-state index contributed by atoms with van der Waals surface area (Å²) in [6.45, 7) is 1.66. The normalized spacial score (nSPS) is 14.5. The number of hydrogen-bond acceptors (Lipinski definition) is 9. The molecule has 1 amide bonds. The molecule has 0 spiro atoms. The van der Waals surface area contributed by atoms with Gasteiger partial charge >= 0.3 is 0 Å². The molecule has 0 bridgehead atoms. The van der Waals surface area contributed by atoms with Crippen LogP contribution in [0.25, 0.3) is 11.4 Å². The lowest BCUT2D eigenvalue weighted by atomic mass is 9.93. The summed E-state index contributed by atoms with van der Waals surface area (Å²) in [5.74, 6) is -0.143. The number of nitro benzene ring substituents is 2. The molecule has 0 fully saturated rings. The predicted molar refractivity (Wildman–Crippen MR) is 133 cm³/mol. The summed E-state index contributed by atoms with van der Waals surface area (Å²) >= 11 is 0. The van der Waals surface area contributed by atoms with E-state index in [1.54, 1.807) is 43.5 Å². The number of allylic oxidation sites excluding steroid dienone is 1. The maximum Gasteiger partial charge on any atom is 0.275 e. The number of para-hydroxylation sites is 1. The van der Waals surface area contributed by atoms with Gasteiger partial charge in [-0.3, -0.25) is 30.0 Å². The lowest BCUT2D eigenvalue weighted by Crippen LogP contribution is -2.32. The molecule has 2 aromatic carbocycles. The Labute approximate surface area is 208 Å². The number of benzene rings is 2. The Balaban J connectivity index is 1.66. The van der Waals surface area contributed by atoms with Crippen molar-refractivity contribution in [3.05, 3.63) is 110 Å². The molecule has 1 aliphatic rings. The van der Waals surface area contributed by atoms with E-state index in [4.69, 9.17) is 0 Å². The van der Waals surface area contributed by atoms with Gasteiger partial charge in [-0.05, 0) is 25.1 Å². The van der Waals surface area contributed by atoms with Gasteiger partial charge in [0.25, 0.3) is 17.3 Å². The molecular formula is C24H18N8O5. The maximum absolute atomic E-state index is 13.5. The highest BCUT2D eigenvalue weighted by Crippen LogP contribution is 2.40. The Morgan fingerprint density at radius 2 is 1.86 bits per heavy atom. The van der Waals surface area contributed by atoms with Gasteiger partial charge < -0.3 is 10.6 Å². The van der Waals surface area contributed by atoms with E-state index < -0.39 is 21.8 Å². The average Bonchev–Trinajstić information content (AvgIpc) is 3.32. The molecule has 5 rings (SSSR count). The Hall–Kier alpha value is -5.46. The molecular weight excluding hydrogens is 480 g/mol. The number of nitro groups is 2. The summed E-state index contributed by atoms with van der Waals surface area (Å²) in [7, 11) is 0. The second kappa shape index (κ2) is 9.30. The molecule has 0 radical (unpaired) electrons. The number of fused-ring (bicyclic) bond motifs is 1. The number of carbonyl (C=O) groups is 1. The summed E-state index contributed by atoms with van der Waals surface area (Å²) < 4.78 is 1.38. The van der Waals surface area contributed by atoms with E-state index in [0.29, 0.717) is 16.9 Å². The van der Waals surface area contributed by atoms with E-state index in [1.165, 1.54) is 41.2 Å². The fraction of sp³-hybridized carbons (Fsp3) is 0.0833. The van der Waals surface area contributed by atoms with Crippen LogP contribution in [0.4, 0.5) is 23.0 Å². The van der Waals surface area contributed by atoms with Crippen molar-refractivity contribution in [3.63, 3.8) is 0 Å². The van der Waals surface area contributed by atoms with E-state index in [1.807, 2.05) is 0 Å². The lowest BCUT2D eigenvalue weighted by Gasteiger charge is -2.28. The van der Waals surface area contributed by atoms with Gasteiger partial charge in [0, 0.05) is 35.7 Å². The van der Waals surface area contributed by atoms with Gasteiger partial charge in [0.1, 0.15) is 6.04 Å². The predicted octanol–water partition coefficient (Wildman–Crippen LogP) is 4.08. The number of hydrogen-bond donors (Lipinski definition) is 2. The number of carbonyl (C=O) groups excluding carboxylic acids is 1. The van der Waals surface area contributed by atoms with Crippen LogP contribution in [0.1, 0.15) is 18.5 Å². The van der Waals surface area contributed by atoms with Crippen LogP contribution < -0.4 is 10.6 Å². The van der Waals surface area contributed by atoms with E-state index >= 15 is 0 Å². The minimum absolute atomic E-state index is 0.140. The third kappa shape index (κ3) is 4.36. The zero-order valence-electron chi connectivity index (χ0n) is 19.2. The van der Waals surface area contributed by atoms with Crippen molar-refractivity contribution in [2.24, 2.45) is 0 Å². The molecule has 4 aromatic rings. The van der Waals surface area contributed by atoms with Crippen molar-refractivity contribution in [1.29, 1.82) is 0 Å². The van der Waals surface area contributed by atoms with Crippen molar-refractivity contribution < 1.29 is 14.6 Å². The first-order valence-corrected chi connectivity index (χ1v) is 11.0. The van der Waals surface area contributed by atoms with Crippen LogP contribution in [0.5, 0.6) is 0 Å². The molecule has 0 saturated carbocycles. The number of amides is 1. The Morgan fingerprint density at radius 3 is 2.59 bits per heavy atom. The van der Waals surface area contributed by atoms with Crippen molar-refractivity contribution >= 4 is 28.9 Å². The number of rotatable bonds is 6. The second-order valence-electron chi connectivity index (χ2n) is 8.09. The summed E-state index contributed by atoms with van der Waals surface area (Å²) in [4.78, 5) is 44.1. The van der Waals surface area contributed by atoms with Crippen molar-refractivity contribution in [2.45, 2.75) is 13.0 Å². The molecule has 13 heteroatoms. The lowest BCUT2D eigenvalue weighted by molar-refractivity contribution is -0.385. The molecule has 1 unspecified atom stereocenters. The van der Waals surface area contributed by atoms with E-state index in [2.05, 4.69) is 25.7 Å². The molecule has 184 valence electrons. The molecule has 37 heavy (non-hydrogen) atoms. The number of pyridine rings is 1. The Bertz CT molecular complexity index is 1580. The van der Waals surface area contributed by atoms with Crippen LogP contribution in [0.3, 0.4) is 0 Å². The number of aromatic nitrogens is 4. The van der Waals surface area contributed by atoms with E-state index in [0.717, 1.165) is 0 Å². The minimum atomic E-state index is -1.02. The third-order valence-electron chi connectivity index (χ3n) is 5.76. The second-order valence-corrected chi connectivity index (χ2v) is 8.09. The fourth-order valence-corrected chi connectivity index (χ4v) is 4.13. The monoisotopic (exact) mass is 498 g/mol. The van der Waals surface area contributed by atoms with Crippen LogP contribution >= 0.6 is 0 Å². The highest BCUT2D eigenvalue weighted by molar-refractivity contribution is 6.06. The van der Waals surface area contributed by atoms with Crippen LogP contribution in [-0.2, 0) is 4.79 Å². The van der Waals surface area contributed by atoms with Crippen LogP contribution in [0, 0.1) is 20.2 Å². The number of nitrogens with one attached hydrogen (secondary N) is 2. The number of nitrogens with zero attached hydrogens (tertiary/aromatic N) is 6. The Kier molecular flexibility index (Phi) is 5.85. The molecule has 2 aromatic heterocycles. The first-order chi connectivity index (χ1) is 17.8. The van der Waals surface area contributed by atoms with E-state index in [9.17, 15) is 25.0 Å². The summed E-state index contributed by atoms with van der Waals surface area (Å²) in [5.41, 5.74) is 1.29. The molecule has 2 N–H and O–H groups in total. The standard InChI is InChI=1S/C24H18N8O5/c1-14-20(23(33)27-16-7-5-11-25-13-16)21(18-9-2-3-10-19(18)32(36)37)30-24(26-14)28-22(29-30)15-6-4-8-17(12-15)31(34)35/h2-13,21H,1H3,(H,27,33)(H,26,28,29). The first-order valence-electron chi connectivity index (χ1n) is 11.0. The fourth-order valence-electron chi connectivity index (χ4n) is 4.13. The van der Waals surface area contributed by atoms with Gasteiger partial charge in [-0.15, -0.1) is 5.10 Å². The number of anilines is 2. The van der Waals surface area contributed by atoms with Crippen LogP contribution in [0.2, 0.25) is 0 Å². The summed E-state index contributed by atoms with van der Waals surface area (Å²) in [5, 5.41) is 33.5. The van der Waals surface area contributed by atoms with Gasteiger partial charge in [0.05, 0.1) is 32.9 Å².